The molecule has 2 nitrogen and oxygen atoms in total. The normalized spacial score (nSPS) is 9.93. The summed E-state index contributed by atoms with van der Waals surface area (Å²) in [6.07, 6.45) is 1.84. The number of carbonyl (C=O) groups is 1. The first-order chi connectivity index (χ1) is 6.66. The minimum absolute atomic E-state index is 0.0948. The third-order valence-electron chi connectivity index (χ3n) is 1.86. The van der Waals surface area contributed by atoms with E-state index in [2.05, 4.69) is 0 Å². The van der Waals surface area contributed by atoms with Gasteiger partial charge in [-0.25, -0.2) is 4.39 Å². The summed E-state index contributed by atoms with van der Waals surface area (Å²) in [6, 6.07) is 6.25. The van der Waals surface area contributed by atoms with Crippen LogP contribution in [0, 0.1) is 5.82 Å². The Kier molecular flexibility index (Phi) is 3.95. The summed E-state index contributed by atoms with van der Waals surface area (Å²) in [6.45, 7) is 0. The quantitative estimate of drug-likeness (QED) is 0.766. The molecule has 0 aromatic heterocycles. The molecule has 0 spiro atoms. The van der Waals surface area contributed by atoms with Gasteiger partial charge in [-0.3, -0.25) is 4.79 Å². The van der Waals surface area contributed by atoms with Crippen molar-refractivity contribution in [3.8, 4) is 0 Å². The molecule has 0 atom stereocenters. The second-order valence-corrected chi connectivity index (χ2v) is 3.70. The summed E-state index contributed by atoms with van der Waals surface area (Å²) < 4.78 is 13.2. The Morgan fingerprint density at radius 3 is 2.71 bits per heavy atom. The molecule has 1 aromatic carbocycles. The molecule has 0 saturated heterocycles. The van der Waals surface area contributed by atoms with E-state index in [4.69, 9.17) is 0 Å². The summed E-state index contributed by atoms with van der Waals surface area (Å²) in [5.41, 5.74) is 0.326. The van der Waals surface area contributed by atoms with Gasteiger partial charge in [0.15, 0.2) is 0 Å². The van der Waals surface area contributed by atoms with Crippen molar-refractivity contribution in [1.29, 1.82) is 0 Å². The van der Waals surface area contributed by atoms with Crippen LogP contribution in [0.1, 0.15) is 0 Å². The molecule has 0 N–H and O–H groups in total. The highest BCUT2D eigenvalue weighted by Gasteiger charge is 2.12. The van der Waals surface area contributed by atoms with E-state index in [1.165, 1.54) is 22.7 Å². The molecule has 76 valence electrons. The highest BCUT2D eigenvalue weighted by molar-refractivity contribution is 7.99. The fourth-order valence-corrected chi connectivity index (χ4v) is 1.52. The van der Waals surface area contributed by atoms with Crippen molar-refractivity contribution in [3.63, 3.8) is 0 Å². The van der Waals surface area contributed by atoms with E-state index in [1.54, 1.807) is 25.2 Å². The molecule has 1 aromatic rings. The molecule has 14 heavy (non-hydrogen) atoms. The first-order valence-corrected chi connectivity index (χ1v) is 5.56. The third kappa shape index (κ3) is 2.48. The molecule has 0 saturated carbocycles. The van der Waals surface area contributed by atoms with Gasteiger partial charge < -0.3 is 4.90 Å². The van der Waals surface area contributed by atoms with Crippen LogP contribution in [0.2, 0.25) is 0 Å². The lowest BCUT2D eigenvalue weighted by Gasteiger charge is -2.17. The van der Waals surface area contributed by atoms with E-state index >= 15 is 0 Å². The van der Waals surface area contributed by atoms with Crippen molar-refractivity contribution in [2.75, 3.05) is 24.0 Å². The second kappa shape index (κ2) is 5.00. The van der Waals surface area contributed by atoms with Gasteiger partial charge in [0, 0.05) is 7.05 Å². The van der Waals surface area contributed by atoms with Crippen molar-refractivity contribution >= 4 is 23.4 Å². The number of halogens is 1. The maximum Gasteiger partial charge on any atom is 0.236 e. The Bertz CT molecular complexity index is 330. The molecule has 0 aliphatic heterocycles. The Morgan fingerprint density at radius 2 is 2.14 bits per heavy atom. The molecule has 0 fully saturated rings. The highest BCUT2D eigenvalue weighted by Crippen LogP contribution is 2.17. The van der Waals surface area contributed by atoms with Gasteiger partial charge in [0.2, 0.25) is 5.91 Å². The predicted molar refractivity (Wildman–Crippen MR) is 58.2 cm³/mol. The van der Waals surface area contributed by atoms with Crippen molar-refractivity contribution in [1.82, 2.24) is 0 Å². The zero-order chi connectivity index (χ0) is 10.6. The number of carbonyl (C=O) groups excluding carboxylic acids is 1. The van der Waals surface area contributed by atoms with Gasteiger partial charge in [0.05, 0.1) is 11.4 Å². The summed E-state index contributed by atoms with van der Waals surface area (Å²) in [4.78, 5) is 12.8. The summed E-state index contributed by atoms with van der Waals surface area (Å²) >= 11 is 1.42. The topological polar surface area (TPSA) is 20.3 Å². The minimum atomic E-state index is -0.371. The van der Waals surface area contributed by atoms with Gasteiger partial charge in [0.1, 0.15) is 5.82 Å². The third-order valence-corrected chi connectivity index (χ3v) is 2.39. The Morgan fingerprint density at radius 1 is 1.50 bits per heavy atom. The average molecular weight is 213 g/mol. The van der Waals surface area contributed by atoms with Crippen LogP contribution in [0.4, 0.5) is 10.1 Å². The molecule has 0 aliphatic carbocycles. The first-order valence-electron chi connectivity index (χ1n) is 4.17. The van der Waals surface area contributed by atoms with Gasteiger partial charge in [-0.2, -0.15) is 11.8 Å². The van der Waals surface area contributed by atoms with E-state index in [9.17, 15) is 9.18 Å². The number of para-hydroxylation sites is 1. The van der Waals surface area contributed by atoms with E-state index in [0.29, 0.717) is 11.4 Å². The fraction of sp³-hybridized carbons (Fsp3) is 0.300. The average Bonchev–Trinajstić information content (AvgIpc) is 2.18. The number of hydrogen-bond donors (Lipinski definition) is 0. The zero-order valence-corrected chi connectivity index (χ0v) is 8.97. The number of rotatable bonds is 3. The molecular weight excluding hydrogens is 201 g/mol. The molecule has 1 rings (SSSR count). The predicted octanol–water partition coefficient (Wildman–Crippen LogP) is 2.15. The van der Waals surface area contributed by atoms with Gasteiger partial charge in [-0.1, -0.05) is 12.1 Å². The van der Waals surface area contributed by atoms with Crippen LogP contribution in [-0.4, -0.2) is 25.0 Å². The largest absolute Gasteiger partial charge is 0.312 e. The lowest BCUT2D eigenvalue weighted by Crippen LogP contribution is -2.28. The van der Waals surface area contributed by atoms with Crippen LogP contribution in [0.25, 0.3) is 0 Å². The van der Waals surface area contributed by atoms with E-state index in [0.717, 1.165) is 0 Å². The smallest absolute Gasteiger partial charge is 0.236 e. The van der Waals surface area contributed by atoms with Crippen molar-refractivity contribution < 1.29 is 9.18 Å². The number of nitrogens with zero attached hydrogens (tertiary/aromatic N) is 1. The van der Waals surface area contributed by atoms with Crippen LogP contribution >= 0.6 is 11.8 Å². The van der Waals surface area contributed by atoms with Crippen molar-refractivity contribution in [3.05, 3.63) is 30.1 Å². The van der Waals surface area contributed by atoms with Crippen molar-refractivity contribution in [2.24, 2.45) is 0 Å². The number of amides is 1. The Balaban J connectivity index is 2.84. The lowest BCUT2D eigenvalue weighted by molar-refractivity contribution is -0.115. The molecule has 0 aliphatic rings. The summed E-state index contributed by atoms with van der Waals surface area (Å²) in [5, 5.41) is 0. The van der Waals surface area contributed by atoms with Crippen LogP contribution in [0.5, 0.6) is 0 Å². The molecule has 0 bridgehead atoms. The number of thioether (sulfide) groups is 1. The van der Waals surface area contributed by atoms with Crippen LogP contribution in [0.3, 0.4) is 0 Å². The van der Waals surface area contributed by atoms with Crippen molar-refractivity contribution in [2.45, 2.75) is 0 Å². The molecular formula is C10H12FNOS. The first kappa shape index (κ1) is 11.0. The monoisotopic (exact) mass is 213 g/mol. The molecule has 0 heterocycles. The maximum absolute atomic E-state index is 13.2. The minimum Gasteiger partial charge on any atom is -0.312 e. The highest BCUT2D eigenvalue weighted by atomic mass is 32.2. The summed E-state index contributed by atoms with van der Waals surface area (Å²) in [5.74, 6) is -0.0998. The number of anilines is 1. The van der Waals surface area contributed by atoms with Gasteiger partial charge in [0.25, 0.3) is 0 Å². The second-order valence-electron chi connectivity index (χ2n) is 2.84. The van der Waals surface area contributed by atoms with Gasteiger partial charge in [-0.15, -0.1) is 0 Å². The molecule has 0 unspecified atom stereocenters. The number of benzene rings is 1. The van der Waals surface area contributed by atoms with E-state index < -0.39 is 0 Å². The standard InChI is InChI=1S/C10H12FNOS/c1-12(10(13)7-14-2)9-6-4-3-5-8(9)11/h3-6H,7H2,1-2H3. The number of hydrogen-bond acceptors (Lipinski definition) is 2. The van der Waals surface area contributed by atoms with E-state index in [-0.39, 0.29) is 11.7 Å². The van der Waals surface area contributed by atoms with Crippen LogP contribution < -0.4 is 4.90 Å². The molecule has 1 amide bonds. The van der Waals surface area contributed by atoms with Gasteiger partial charge in [-0.05, 0) is 18.4 Å². The lowest BCUT2D eigenvalue weighted by atomic mass is 10.3. The van der Waals surface area contributed by atoms with Gasteiger partial charge >= 0.3 is 0 Å². The Hall–Kier alpha value is -1.03. The van der Waals surface area contributed by atoms with Crippen LogP contribution in [0.15, 0.2) is 24.3 Å². The summed E-state index contributed by atoms with van der Waals surface area (Å²) in [7, 11) is 1.58. The maximum atomic E-state index is 13.2. The van der Waals surface area contributed by atoms with Crippen LogP contribution in [-0.2, 0) is 4.79 Å². The Labute approximate surface area is 87.1 Å². The van der Waals surface area contributed by atoms with E-state index in [1.807, 2.05) is 6.26 Å². The zero-order valence-electron chi connectivity index (χ0n) is 8.16. The fourth-order valence-electron chi connectivity index (χ4n) is 1.08. The SMILES string of the molecule is CSCC(=O)N(C)c1ccccc1F. The molecule has 4 heteroatoms. The molecule has 0 radical (unpaired) electrons.